The number of aliphatic hydroxyl groups excluding tert-OH is 2. The monoisotopic (exact) mass is 888 g/mol. The molecule has 0 aromatic rings. The molecule has 0 rings (SSSR count). The Hall–Kier alpha value is -1.66. The van der Waals surface area contributed by atoms with Crippen LogP contribution in [-0.2, 0) is 14.3 Å². The average Bonchev–Trinajstić information content (AvgIpc) is 3.28. The summed E-state index contributed by atoms with van der Waals surface area (Å²) in [5, 5.41) is 23.2. The summed E-state index contributed by atoms with van der Waals surface area (Å²) >= 11 is 0. The van der Waals surface area contributed by atoms with Crippen molar-refractivity contribution in [1.82, 2.24) is 5.32 Å². The summed E-state index contributed by atoms with van der Waals surface area (Å²) in [4.78, 5) is 24.4. The first-order valence-corrected chi connectivity index (χ1v) is 28.1. The van der Waals surface area contributed by atoms with Crippen LogP contribution in [0.4, 0.5) is 0 Å². The van der Waals surface area contributed by atoms with E-state index in [0.29, 0.717) is 25.9 Å². The van der Waals surface area contributed by atoms with Gasteiger partial charge < -0.3 is 20.3 Å². The molecule has 0 aliphatic carbocycles. The molecule has 0 aromatic heterocycles. The number of carbonyl (C=O) groups is 2. The van der Waals surface area contributed by atoms with Gasteiger partial charge >= 0.3 is 5.97 Å². The van der Waals surface area contributed by atoms with E-state index in [1.165, 1.54) is 218 Å². The third-order valence-electron chi connectivity index (χ3n) is 13.0. The number of carbonyl (C=O) groups excluding carboxylic acids is 2. The summed E-state index contributed by atoms with van der Waals surface area (Å²) in [5.41, 5.74) is 0. The standard InChI is InChI=1S/C57H109NO5/c1-3-5-7-9-11-13-15-26-31-35-39-43-47-51-57(62)63-52-48-44-40-36-32-28-25-23-21-19-17-18-20-22-24-27-30-34-38-42-46-50-56(61)58-54(53-59)55(60)49-45-41-37-33-29-16-14-12-10-8-6-4-2/h28,32,40,44,54-55,59-60H,3-27,29-31,33-39,41-43,45-53H2,1-2H3,(H,58,61)/b32-28-,44-40-. The Bertz CT molecular complexity index is 982. The minimum absolute atomic E-state index is 0.0337. The summed E-state index contributed by atoms with van der Waals surface area (Å²) in [6, 6.07) is -0.544. The highest BCUT2D eigenvalue weighted by Gasteiger charge is 2.20. The first-order valence-electron chi connectivity index (χ1n) is 28.1. The Labute approximate surface area is 392 Å². The van der Waals surface area contributed by atoms with Crippen molar-refractivity contribution >= 4 is 11.9 Å². The normalized spacial score (nSPS) is 12.8. The Kier molecular flexibility index (Phi) is 51.6. The lowest BCUT2D eigenvalue weighted by molar-refractivity contribution is -0.143. The fraction of sp³-hybridized carbons (Fsp3) is 0.895. The summed E-state index contributed by atoms with van der Waals surface area (Å²) in [5.74, 6) is -0.0734. The molecule has 2 atom stereocenters. The molecule has 6 heteroatoms. The molecule has 372 valence electrons. The number of allylic oxidation sites excluding steroid dienone is 3. The Morgan fingerprint density at radius 2 is 0.794 bits per heavy atom. The van der Waals surface area contributed by atoms with Crippen LogP contribution < -0.4 is 5.32 Å². The van der Waals surface area contributed by atoms with E-state index in [2.05, 4.69) is 43.5 Å². The highest BCUT2D eigenvalue weighted by atomic mass is 16.5. The fourth-order valence-corrected chi connectivity index (χ4v) is 8.71. The second-order valence-corrected chi connectivity index (χ2v) is 19.3. The first kappa shape index (κ1) is 61.3. The van der Waals surface area contributed by atoms with Crippen molar-refractivity contribution < 1.29 is 24.5 Å². The van der Waals surface area contributed by atoms with E-state index >= 15 is 0 Å². The van der Waals surface area contributed by atoms with Gasteiger partial charge in [0.15, 0.2) is 0 Å². The van der Waals surface area contributed by atoms with Crippen LogP contribution >= 0.6 is 0 Å². The number of unbranched alkanes of at least 4 members (excludes halogenated alkanes) is 37. The largest absolute Gasteiger partial charge is 0.465 e. The molecular formula is C57H109NO5. The maximum absolute atomic E-state index is 12.4. The van der Waals surface area contributed by atoms with Crippen molar-refractivity contribution in [2.75, 3.05) is 13.2 Å². The number of rotatable bonds is 52. The molecule has 0 saturated heterocycles. The number of hydrogen-bond acceptors (Lipinski definition) is 5. The van der Waals surface area contributed by atoms with Gasteiger partial charge in [-0.3, -0.25) is 9.59 Å². The first-order chi connectivity index (χ1) is 31.0. The predicted octanol–water partition coefficient (Wildman–Crippen LogP) is 17.1. The SMILES string of the molecule is CCCCCCCCCCCCCCCC(=O)OCC/C=C\C/C=C\CCCCCCCCCCCCCCCCC(=O)NC(CO)C(O)CCCCCCCCCCCCCC. The lowest BCUT2D eigenvalue weighted by Gasteiger charge is -2.22. The van der Waals surface area contributed by atoms with Crippen molar-refractivity contribution in [3.63, 3.8) is 0 Å². The van der Waals surface area contributed by atoms with Gasteiger partial charge in [-0.15, -0.1) is 0 Å². The molecule has 1 amide bonds. The molecule has 0 bridgehead atoms. The van der Waals surface area contributed by atoms with E-state index in [1.807, 2.05) is 0 Å². The third-order valence-corrected chi connectivity index (χ3v) is 13.0. The molecule has 0 heterocycles. The van der Waals surface area contributed by atoms with E-state index in [-0.39, 0.29) is 18.5 Å². The summed E-state index contributed by atoms with van der Waals surface area (Å²) in [6.07, 6.45) is 63.3. The highest BCUT2D eigenvalue weighted by Crippen LogP contribution is 2.17. The van der Waals surface area contributed by atoms with Crippen LogP contribution in [0.2, 0.25) is 0 Å². The molecule has 63 heavy (non-hydrogen) atoms. The van der Waals surface area contributed by atoms with Gasteiger partial charge in [-0.2, -0.15) is 0 Å². The van der Waals surface area contributed by atoms with Crippen LogP contribution in [0.25, 0.3) is 0 Å². The van der Waals surface area contributed by atoms with Crippen molar-refractivity contribution in [3.05, 3.63) is 24.3 Å². The average molecular weight is 889 g/mol. The Balaban J connectivity index is 3.44. The Morgan fingerprint density at radius 3 is 1.21 bits per heavy atom. The molecule has 0 aliphatic heterocycles. The smallest absolute Gasteiger partial charge is 0.305 e. The van der Waals surface area contributed by atoms with E-state index in [1.54, 1.807) is 0 Å². The van der Waals surface area contributed by atoms with Crippen LogP contribution in [0, 0.1) is 0 Å². The maximum Gasteiger partial charge on any atom is 0.305 e. The second-order valence-electron chi connectivity index (χ2n) is 19.3. The van der Waals surface area contributed by atoms with Gasteiger partial charge in [0.1, 0.15) is 0 Å². The molecule has 0 radical (unpaired) electrons. The van der Waals surface area contributed by atoms with E-state index in [0.717, 1.165) is 51.4 Å². The van der Waals surface area contributed by atoms with Crippen LogP contribution in [0.5, 0.6) is 0 Å². The second kappa shape index (κ2) is 53.0. The number of hydrogen-bond donors (Lipinski definition) is 3. The van der Waals surface area contributed by atoms with E-state index in [4.69, 9.17) is 4.74 Å². The van der Waals surface area contributed by atoms with Crippen molar-refractivity contribution in [2.24, 2.45) is 0 Å². The van der Waals surface area contributed by atoms with E-state index in [9.17, 15) is 19.8 Å². The van der Waals surface area contributed by atoms with Gasteiger partial charge in [0.2, 0.25) is 5.91 Å². The molecular weight excluding hydrogens is 779 g/mol. The quantitative estimate of drug-likeness (QED) is 0.0321. The lowest BCUT2D eigenvalue weighted by atomic mass is 10.0. The number of amides is 1. The van der Waals surface area contributed by atoms with Crippen LogP contribution in [0.3, 0.4) is 0 Å². The zero-order valence-electron chi connectivity index (χ0n) is 42.3. The zero-order valence-corrected chi connectivity index (χ0v) is 42.3. The molecule has 2 unspecified atom stereocenters. The summed E-state index contributed by atoms with van der Waals surface area (Å²) in [6.45, 7) is 4.84. The Morgan fingerprint density at radius 1 is 0.444 bits per heavy atom. The van der Waals surface area contributed by atoms with Crippen LogP contribution in [0.15, 0.2) is 24.3 Å². The highest BCUT2D eigenvalue weighted by molar-refractivity contribution is 5.76. The van der Waals surface area contributed by atoms with Gasteiger partial charge in [-0.1, -0.05) is 269 Å². The van der Waals surface area contributed by atoms with Crippen LogP contribution in [-0.4, -0.2) is 47.4 Å². The number of ether oxygens (including phenoxy) is 1. The van der Waals surface area contributed by atoms with Gasteiger partial charge in [-0.25, -0.2) is 0 Å². The molecule has 0 fully saturated rings. The molecule has 6 nitrogen and oxygen atoms in total. The van der Waals surface area contributed by atoms with Crippen LogP contribution in [0.1, 0.15) is 303 Å². The molecule has 0 spiro atoms. The maximum atomic E-state index is 12.4. The zero-order chi connectivity index (χ0) is 45.8. The summed E-state index contributed by atoms with van der Waals surface area (Å²) in [7, 11) is 0. The van der Waals surface area contributed by atoms with Crippen molar-refractivity contribution in [1.29, 1.82) is 0 Å². The lowest BCUT2D eigenvalue weighted by Crippen LogP contribution is -2.45. The van der Waals surface area contributed by atoms with Gasteiger partial charge in [0.05, 0.1) is 25.4 Å². The predicted molar refractivity (Wildman–Crippen MR) is 273 cm³/mol. The van der Waals surface area contributed by atoms with Crippen molar-refractivity contribution in [2.45, 2.75) is 315 Å². The summed E-state index contributed by atoms with van der Waals surface area (Å²) < 4.78 is 5.41. The van der Waals surface area contributed by atoms with Crippen molar-refractivity contribution in [3.8, 4) is 0 Å². The number of esters is 1. The van der Waals surface area contributed by atoms with Gasteiger partial charge in [-0.05, 0) is 44.9 Å². The molecule has 0 saturated carbocycles. The topological polar surface area (TPSA) is 95.9 Å². The number of nitrogens with one attached hydrogen (secondary N) is 1. The minimum Gasteiger partial charge on any atom is -0.465 e. The molecule has 0 aromatic carbocycles. The fourth-order valence-electron chi connectivity index (χ4n) is 8.71. The minimum atomic E-state index is -0.666. The van der Waals surface area contributed by atoms with Gasteiger partial charge in [0.25, 0.3) is 0 Å². The number of aliphatic hydroxyl groups is 2. The molecule has 0 aliphatic rings. The third kappa shape index (κ3) is 49.6. The van der Waals surface area contributed by atoms with E-state index < -0.39 is 12.1 Å². The van der Waals surface area contributed by atoms with Gasteiger partial charge in [0, 0.05) is 12.8 Å². The molecule has 3 N–H and O–H groups in total.